The van der Waals surface area contributed by atoms with Crippen molar-refractivity contribution in [2.24, 2.45) is 0 Å². The fourth-order valence-electron chi connectivity index (χ4n) is 3.66. The molecule has 0 fully saturated rings. The highest BCUT2D eigenvalue weighted by atomic mass is 35.5. The maximum atomic E-state index is 11.9. The number of anilines is 1. The number of aromatic amines is 1. The van der Waals surface area contributed by atoms with Crippen LogP contribution in [0.25, 0.3) is 10.9 Å². The molecule has 4 aromatic rings. The van der Waals surface area contributed by atoms with E-state index in [1.165, 1.54) is 0 Å². The Labute approximate surface area is 191 Å². The van der Waals surface area contributed by atoms with Crippen LogP contribution < -0.4 is 10.1 Å². The molecule has 0 saturated heterocycles. The van der Waals surface area contributed by atoms with Gasteiger partial charge in [0.05, 0.1) is 12.5 Å². The molecule has 0 saturated carbocycles. The van der Waals surface area contributed by atoms with Crippen molar-refractivity contribution in [1.29, 1.82) is 0 Å². The van der Waals surface area contributed by atoms with E-state index in [1.807, 2.05) is 42.6 Å². The number of hydrogen-bond acceptors (Lipinski definition) is 4. The number of aromatic nitrogens is 2. The number of carboxylic acids is 1. The Bertz CT molecular complexity index is 1190. The third-order valence-corrected chi connectivity index (χ3v) is 5.51. The molecule has 2 aromatic carbocycles. The average Bonchev–Trinajstić information content (AvgIpc) is 3.19. The second kappa shape index (κ2) is 10.2. The summed E-state index contributed by atoms with van der Waals surface area (Å²) in [7, 11) is 0. The maximum Gasteiger partial charge on any atom is 0.311 e. The highest BCUT2D eigenvalue weighted by molar-refractivity contribution is 6.30. The van der Waals surface area contributed by atoms with E-state index in [1.54, 1.807) is 30.5 Å². The van der Waals surface area contributed by atoms with Crippen molar-refractivity contribution in [2.45, 2.75) is 18.8 Å². The number of pyridine rings is 1. The molecule has 164 valence electrons. The number of ether oxygens (including phenoxy) is 1. The smallest absolute Gasteiger partial charge is 0.311 e. The number of fused-ring (bicyclic) bond motifs is 1. The number of halogens is 1. The van der Waals surface area contributed by atoms with Crippen LogP contribution in [0.4, 0.5) is 5.82 Å². The van der Waals surface area contributed by atoms with Crippen LogP contribution in [0.3, 0.4) is 0 Å². The number of hydrogen-bond donors (Lipinski definition) is 3. The molecule has 32 heavy (non-hydrogen) atoms. The molecule has 2 heterocycles. The van der Waals surface area contributed by atoms with Crippen molar-refractivity contribution in [3.63, 3.8) is 0 Å². The maximum absolute atomic E-state index is 11.9. The lowest BCUT2D eigenvalue weighted by Crippen LogP contribution is -2.14. The number of carboxylic acid groups (broad SMARTS) is 1. The quantitative estimate of drug-likeness (QED) is 0.278. The first-order chi connectivity index (χ1) is 15.6. The number of nitrogens with one attached hydrogen (secondary N) is 2. The molecule has 7 heteroatoms. The predicted molar refractivity (Wildman–Crippen MR) is 127 cm³/mol. The minimum Gasteiger partial charge on any atom is -0.493 e. The van der Waals surface area contributed by atoms with Crippen molar-refractivity contribution in [2.75, 3.05) is 18.5 Å². The van der Waals surface area contributed by atoms with Crippen LogP contribution in [0.15, 0.2) is 73.1 Å². The number of aliphatic carboxylic acids is 1. The van der Waals surface area contributed by atoms with Crippen LogP contribution in [0.2, 0.25) is 5.02 Å². The molecular formula is C25H24ClN3O3. The van der Waals surface area contributed by atoms with Gasteiger partial charge in [-0.3, -0.25) is 4.79 Å². The Morgan fingerprint density at radius 1 is 1.16 bits per heavy atom. The molecule has 6 nitrogen and oxygen atoms in total. The topological polar surface area (TPSA) is 87.2 Å². The van der Waals surface area contributed by atoms with E-state index in [0.717, 1.165) is 41.0 Å². The van der Waals surface area contributed by atoms with Gasteiger partial charge in [0.25, 0.3) is 0 Å². The van der Waals surface area contributed by atoms with E-state index < -0.39 is 11.9 Å². The number of rotatable bonds is 10. The first-order valence-corrected chi connectivity index (χ1v) is 10.8. The van der Waals surface area contributed by atoms with Crippen molar-refractivity contribution in [1.82, 2.24) is 9.97 Å². The molecule has 0 aliphatic carbocycles. The Morgan fingerprint density at radius 2 is 2.06 bits per heavy atom. The van der Waals surface area contributed by atoms with E-state index in [9.17, 15) is 9.90 Å². The molecule has 1 unspecified atom stereocenters. The summed E-state index contributed by atoms with van der Waals surface area (Å²) in [6.45, 7) is 1.35. The lowest BCUT2D eigenvalue weighted by molar-refractivity contribution is -0.138. The molecule has 0 aliphatic heterocycles. The summed E-state index contributed by atoms with van der Waals surface area (Å²) >= 11 is 6.06. The number of nitrogens with zero attached hydrogens (tertiary/aromatic N) is 1. The van der Waals surface area contributed by atoms with E-state index >= 15 is 0 Å². The largest absolute Gasteiger partial charge is 0.493 e. The zero-order valence-corrected chi connectivity index (χ0v) is 18.2. The monoisotopic (exact) mass is 449 g/mol. The second-order valence-corrected chi connectivity index (χ2v) is 7.95. The van der Waals surface area contributed by atoms with Crippen LogP contribution in [0.5, 0.6) is 5.75 Å². The first-order valence-electron chi connectivity index (χ1n) is 10.5. The van der Waals surface area contributed by atoms with Crippen LogP contribution in [0, 0.1) is 0 Å². The van der Waals surface area contributed by atoms with Gasteiger partial charge < -0.3 is 20.1 Å². The van der Waals surface area contributed by atoms with Gasteiger partial charge in [0, 0.05) is 40.9 Å². The second-order valence-electron chi connectivity index (χ2n) is 7.52. The lowest BCUT2D eigenvalue weighted by atomic mass is 9.92. The Morgan fingerprint density at radius 3 is 2.84 bits per heavy atom. The van der Waals surface area contributed by atoms with E-state index in [4.69, 9.17) is 16.3 Å². The summed E-state index contributed by atoms with van der Waals surface area (Å²) in [5.74, 6) is 0.0785. The van der Waals surface area contributed by atoms with Gasteiger partial charge in [-0.2, -0.15) is 0 Å². The van der Waals surface area contributed by atoms with Gasteiger partial charge in [0.1, 0.15) is 11.6 Å². The molecule has 0 aliphatic rings. The average molecular weight is 450 g/mol. The summed E-state index contributed by atoms with van der Waals surface area (Å²) in [4.78, 5) is 19.4. The predicted octanol–water partition coefficient (Wildman–Crippen LogP) is 5.51. The van der Waals surface area contributed by atoms with Crippen molar-refractivity contribution in [3.05, 3.63) is 89.2 Å². The standard InChI is InChI=1S/C25H24ClN3O3/c26-19-6-3-5-17(13-19)22(25(30)31)14-18-16-29-23-15-20(8-9-21(18)23)32-12-4-11-28-24-7-1-2-10-27-24/h1-3,5-10,13,15-16,22,29H,4,11-12,14H2,(H,27,28)(H,30,31). The zero-order chi connectivity index (χ0) is 22.3. The van der Waals surface area contributed by atoms with E-state index in [0.29, 0.717) is 23.6 Å². The summed E-state index contributed by atoms with van der Waals surface area (Å²) < 4.78 is 5.87. The van der Waals surface area contributed by atoms with Crippen LogP contribution in [-0.2, 0) is 11.2 Å². The van der Waals surface area contributed by atoms with Gasteiger partial charge in [-0.05, 0) is 60.4 Å². The van der Waals surface area contributed by atoms with Crippen LogP contribution in [-0.4, -0.2) is 34.2 Å². The molecule has 3 N–H and O–H groups in total. The highest BCUT2D eigenvalue weighted by Gasteiger charge is 2.22. The first kappa shape index (κ1) is 21.7. The van der Waals surface area contributed by atoms with Gasteiger partial charge in [-0.1, -0.05) is 29.8 Å². The van der Waals surface area contributed by atoms with Gasteiger partial charge in [0.2, 0.25) is 0 Å². The van der Waals surface area contributed by atoms with Crippen molar-refractivity contribution < 1.29 is 14.6 Å². The molecule has 1 atom stereocenters. The van der Waals surface area contributed by atoms with Gasteiger partial charge in [-0.25, -0.2) is 4.98 Å². The van der Waals surface area contributed by atoms with Crippen LogP contribution in [0.1, 0.15) is 23.5 Å². The number of H-pyrrole nitrogens is 1. The Hall–Kier alpha value is -3.51. The Kier molecular flexibility index (Phi) is 6.92. The van der Waals surface area contributed by atoms with Gasteiger partial charge >= 0.3 is 5.97 Å². The molecule has 0 amide bonds. The van der Waals surface area contributed by atoms with E-state index in [2.05, 4.69) is 15.3 Å². The highest BCUT2D eigenvalue weighted by Crippen LogP contribution is 2.29. The molecular weight excluding hydrogens is 426 g/mol. The molecule has 0 radical (unpaired) electrons. The summed E-state index contributed by atoms with van der Waals surface area (Å²) in [5, 5.41) is 14.5. The number of benzene rings is 2. The van der Waals surface area contributed by atoms with Crippen LogP contribution >= 0.6 is 11.6 Å². The third kappa shape index (κ3) is 5.39. The molecule has 0 bridgehead atoms. The minimum absolute atomic E-state index is 0.370. The minimum atomic E-state index is -0.874. The van der Waals surface area contributed by atoms with E-state index in [-0.39, 0.29) is 0 Å². The molecule has 2 aromatic heterocycles. The fourth-order valence-corrected chi connectivity index (χ4v) is 3.86. The Balaban J connectivity index is 1.37. The lowest BCUT2D eigenvalue weighted by Gasteiger charge is -2.13. The van der Waals surface area contributed by atoms with Gasteiger partial charge in [0.15, 0.2) is 0 Å². The normalized spacial score (nSPS) is 11.9. The number of carbonyl (C=O) groups is 1. The summed E-state index contributed by atoms with van der Waals surface area (Å²) in [5.41, 5.74) is 2.55. The van der Waals surface area contributed by atoms with Crippen molar-refractivity contribution >= 4 is 34.3 Å². The zero-order valence-electron chi connectivity index (χ0n) is 17.4. The third-order valence-electron chi connectivity index (χ3n) is 5.27. The molecule has 4 rings (SSSR count). The fraction of sp³-hybridized carbons (Fsp3) is 0.200. The SMILES string of the molecule is O=C(O)C(Cc1c[nH]c2cc(OCCCNc3ccccn3)ccc12)c1cccc(Cl)c1. The summed E-state index contributed by atoms with van der Waals surface area (Å²) in [6, 6.07) is 18.6. The van der Waals surface area contributed by atoms with Crippen molar-refractivity contribution in [3.8, 4) is 5.75 Å². The summed E-state index contributed by atoms with van der Waals surface area (Å²) in [6.07, 6.45) is 4.83. The molecule has 0 spiro atoms. The van der Waals surface area contributed by atoms with Gasteiger partial charge in [-0.15, -0.1) is 0 Å².